The molecule has 28 heavy (non-hydrogen) atoms. The first kappa shape index (κ1) is 20.4. The molecule has 0 aliphatic heterocycles. The van der Waals surface area contributed by atoms with E-state index in [1.807, 2.05) is 30.5 Å². The van der Waals surface area contributed by atoms with E-state index in [1.54, 1.807) is 7.05 Å². The number of nitrogens with zero attached hydrogens (tertiary/aromatic N) is 1. The van der Waals surface area contributed by atoms with Crippen LogP contribution < -0.4 is 5.32 Å². The van der Waals surface area contributed by atoms with Crippen LogP contribution in [0.5, 0.6) is 0 Å². The molecule has 1 aliphatic carbocycles. The molecule has 148 valence electrons. The van der Waals surface area contributed by atoms with Gasteiger partial charge in [-0.15, -0.1) is 11.3 Å². The maximum Gasteiger partial charge on any atom is 0.225 e. The minimum absolute atomic E-state index is 0.0326. The molecule has 0 bridgehead atoms. The van der Waals surface area contributed by atoms with Gasteiger partial charge in [-0.05, 0) is 31.4 Å². The number of likely N-dealkylation sites (N-methyl/N-ethyl adjacent to an activating group) is 1. The minimum Gasteiger partial charge on any atom is -0.359 e. The molecule has 0 spiro atoms. The summed E-state index contributed by atoms with van der Waals surface area (Å²) < 4.78 is 0. The monoisotopic (exact) mass is 398 g/mol. The van der Waals surface area contributed by atoms with Gasteiger partial charge in [0.2, 0.25) is 5.91 Å². The smallest absolute Gasteiger partial charge is 0.225 e. The maximum absolute atomic E-state index is 12.9. The molecule has 0 atom stereocenters. The summed E-state index contributed by atoms with van der Waals surface area (Å²) in [7, 11) is 1.59. The number of thiazole rings is 1. The quantitative estimate of drug-likeness (QED) is 0.691. The second-order valence-electron chi connectivity index (χ2n) is 7.48. The lowest BCUT2D eigenvalue weighted by molar-refractivity contribution is -0.120. The predicted octanol–water partition coefficient (Wildman–Crippen LogP) is 3.47. The lowest BCUT2D eigenvalue weighted by atomic mass is 9.90. The third-order valence-electron chi connectivity index (χ3n) is 5.21. The standard InChI is InChI=1S/C22H26N2O3S/c1-14-7-8-16(19(9-14)22(27)15-5-3-4-6-15)10-18(25)12-21-24-17(13-28-21)11-20(26)23-2/h7-9,13,15H,3-6,10-12H2,1-2H3,(H,23,26). The van der Waals surface area contributed by atoms with Crippen LogP contribution in [0, 0.1) is 12.8 Å². The molecule has 1 fully saturated rings. The normalized spacial score (nSPS) is 14.2. The van der Waals surface area contributed by atoms with Gasteiger partial charge in [0.1, 0.15) is 10.8 Å². The van der Waals surface area contributed by atoms with E-state index < -0.39 is 0 Å². The Kier molecular flexibility index (Phi) is 6.73. The molecule has 2 aromatic rings. The van der Waals surface area contributed by atoms with Gasteiger partial charge in [-0.25, -0.2) is 4.98 Å². The summed E-state index contributed by atoms with van der Waals surface area (Å²) in [5, 5.41) is 5.09. The van der Waals surface area contributed by atoms with Gasteiger partial charge in [0.15, 0.2) is 5.78 Å². The Bertz CT molecular complexity index is 882. The van der Waals surface area contributed by atoms with E-state index in [0.717, 1.165) is 36.8 Å². The number of Topliss-reactive ketones (excluding diaryl/α,β-unsaturated/α-hetero) is 2. The van der Waals surface area contributed by atoms with Crippen molar-refractivity contribution >= 4 is 28.8 Å². The number of hydrogen-bond donors (Lipinski definition) is 1. The molecule has 6 heteroatoms. The Labute approximate surface area is 169 Å². The van der Waals surface area contributed by atoms with Gasteiger partial charge in [0.25, 0.3) is 0 Å². The molecule has 1 N–H and O–H groups in total. The highest BCUT2D eigenvalue weighted by molar-refractivity contribution is 7.09. The summed E-state index contributed by atoms with van der Waals surface area (Å²) in [6, 6.07) is 5.79. The van der Waals surface area contributed by atoms with Crippen molar-refractivity contribution in [1.29, 1.82) is 0 Å². The maximum atomic E-state index is 12.9. The second kappa shape index (κ2) is 9.24. The Balaban J connectivity index is 1.68. The van der Waals surface area contributed by atoms with Crippen molar-refractivity contribution in [2.75, 3.05) is 7.05 Å². The molecule has 0 radical (unpaired) electrons. The number of amides is 1. The van der Waals surface area contributed by atoms with Crippen LogP contribution in [0.25, 0.3) is 0 Å². The molecule has 0 saturated heterocycles. The largest absolute Gasteiger partial charge is 0.359 e. The number of hydrogen-bond acceptors (Lipinski definition) is 5. The van der Waals surface area contributed by atoms with Crippen LogP contribution in [0.2, 0.25) is 0 Å². The van der Waals surface area contributed by atoms with E-state index in [1.165, 1.54) is 11.3 Å². The Hall–Kier alpha value is -2.34. The van der Waals surface area contributed by atoms with Crippen LogP contribution in [-0.2, 0) is 28.9 Å². The summed E-state index contributed by atoms with van der Waals surface area (Å²) >= 11 is 1.40. The van der Waals surface area contributed by atoms with Crippen LogP contribution in [0.4, 0.5) is 0 Å². The lowest BCUT2D eigenvalue weighted by Gasteiger charge is -2.13. The summed E-state index contributed by atoms with van der Waals surface area (Å²) in [5.74, 6) is 0.219. The van der Waals surface area contributed by atoms with Gasteiger partial charge in [-0.2, -0.15) is 0 Å². The molecule has 1 amide bonds. The van der Waals surface area contributed by atoms with E-state index in [4.69, 9.17) is 0 Å². The summed E-state index contributed by atoms with van der Waals surface area (Å²) in [5.41, 5.74) is 3.24. The zero-order valence-electron chi connectivity index (χ0n) is 16.4. The average molecular weight is 399 g/mol. The van der Waals surface area contributed by atoms with Crippen molar-refractivity contribution in [3.05, 3.63) is 51.0 Å². The number of ketones is 2. The number of aryl methyl sites for hydroxylation is 1. The average Bonchev–Trinajstić information content (AvgIpc) is 3.34. The first-order valence-electron chi connectivity index (χ1n) is 9.75. The number of carbonyl (C=O) groups is 3. The fourth-order valence-electron chi connectivity index (χ4n) is 3.69. The van der Waals surface area contributed by atoms with Crippen LogP contribution in [-0.4, -0.2) is 29.5 Å². The van der Waals surface area contributed by atoms with Crippen LogP contribution >= 0.6 is 11.3 Å². The van der Waals surface area contributed by atoms with Gasteiger partial charge >= 0.3 is 0 Å². The van der Waals surface area contributed by atoms with Gasteiger partial charge in [0.05, 0.1) is 18.5 Å². The predicted molar refractivity (Wildman–Crippen MR) is 110 cm³/mol. The minimum atomic E-state index is -0.0992. The van der Waals surface area contributed by atoms with E-state index in [0.29, 0.717) is 16.3 Å². The lowest BCUT2D eigenvalue weighted by Crippen LogP contribution is -2.20. The van der Waals surface area contributed by atoms with E-state index in [-0.39, 0.29) is 42.7 Å². The SMILES string of the molecule is CNC(=O)Cc1csc(CC(=O)Cc2ccc(C)cc2C(=O)C2CCCC2)n1. The fourth-order valence-corrected chi connectivity index (χ4v) is 4.51. The molecule has 1 saturated carbocycles. The number of benzene rings is 1. The summed E-state index contributed by atoms with van der Waals surface area (Å²) in [4.78, 5) is 41.4. The molecule has 1 aromatic carbocycles. The van der Waals surface area contributed by atoms with E-state index in [9.17, 15) is 14.4 Å². The number of aromatic nitrogens is 1. The Morgan fingerprint density at radius 3 is 2.61 bits per heavy atom. The zero-order chi connectivity index (χ0) is 20.1. The van der Waals surface area contributed by atoms with Crippen molar-refractivity contribution in [2.45, 2.75) is 51.9 Å². The van der Waals surface area contributed by atoms with Crippen molar-refractivity contribution in [1.82, 2.24) is 10.3 Å². The molecule has 1 heterocycles. The molecule has 1 aliphatic rings. The van der Waals surface area contributed by atoms with Crippen molar-refractivity contribution in [3.63, 3.8) is 0 Å². The highest BCUT2D eigenvalue weighted by Gasteiger charge is 2.26. The van der Waals surface area contributed by atoms with Crippen molar-refractivity contribution < 1.29 is 14.4 Å². The van der Waals surface area contributed by atoms with E-state index in [2.05, 4.69) is 10.3 Å². The van der Waals surface area contributed by atoms with Gasteiger partial charge in [0, 0.05) is 30.3 Å². The van der Waals surface area contributed by atoms with Crippen LogP contribution in [0.3, 0.4) is 0 Å². The third-order valence-corrected chi connectivity index (χ3v) is 6.11. The third kappa shape index (κ3) is 5.13. The van der Waals surface area contributed by atoms with Crippen molar-refractivity contribution in [2.24, 2.45) is 5.92 Å². The molecule has 3 rings (SSSR count). The van der Waals surface area contributed by atoms with Gasteiger partial charge in [-0.1, -0.05) is 30.5 Å². The van der Waals surface area contributed by atoms with E-state index >= 15 is 0 Å². The summed E-state index contributed by atoms with van der Waals surface area (Å²) in [6.07, 6.45) is 4.81. The van der Waals surface area contributed by atoms with Gasteiger partial charge < -0.3 is 5.32 Å². The van der Waals surface area contributed by atoms with Crippen LogP contribution in [0.15, 0.2) is 23.6 Å². The number of nitrogens with one attached hydrogen (secondary N) is 1. The molecular formula is C22H26N2O3S. The Morgan fingerprint density at radius 1 is 1.14 bits per heavy atom. The zero-order valence-corrected chi connectivity index (χ0v) is 17.2. The highest BCUT2D eigenvalue weighted by atomic mass is 32.1. The second-order valence-corrected chi connectivity index (χ2v) is 8.42. The van der Waals surface area contributed by atoms with Crippen molar-refractivity contribution in [3.8, 4) is 0 Å². The molecule has 1 aromatic heterocycles. The van der Waals surface area contributed by atoms with Crippen LogP contribution in [0.1, 0.15) is 57.9 Å². The first-order valence-corrected chi connectivity index (χ1v) is 10.6. The molecule has 5 nitrogen and oxygen atoms in total. The van der Waals surface area contributed by atoms with Gasteiger partial charge in [-0.3, -0.25) is 14.4 Å². The topological polar surface area (TPSA) is 76.1 Å². The number of rotatable bonds is 8. The molecule has 0 unspecified atom stereocenters. The molecular weight excluding hydrogens is 372 g/mol. The Morgan fingerprint density at radius 2 is 1.89 bits per heavy atom. The first-order chi connectivity index (χ1) is 13.5. The highest BCUT2D eigenvalue weighted by Crippen LogP contribution is 2.29. The number of carbonyl (C=O) groups excluding carboxylic acids is 3. The summed E-state index contributed by atoms with van der Waals surface area (Å²) in [6.45, 7) is 1.97. The fraction of sp³-hybridized carbons (Fsp3) is 0.455.